The van der Waals surface area contributed by atoms with Crippen molar-refractivity contribution in [3.63, 3.8) is 0 Å². The lowest BCUT2D eigenvalue weighted by molar-refractivity contribution is -0.138. The van der Waals surface area contributed by atoms with Crippen molar-refractivity contribution in [2.24, 2.45) is 0 Å². The third-order valence-electron chi connectivity index (χ3n) is 3.33. The number of methoxy groups -OCH3 is 1. The number of carboxylic acid groups (broad SMARTS) is 1. The maximum Gasteiger partial charge on any atom is 0.311 e. The molecule has 0 saturated heterocycles. The molecule has 2 aromatic rings. The molecule has 0 spiro atoms. The second kappa shape index (κ2) is 6.19. The smallest absolute Gasteiger partial charge is 0.311 e. The van der Waals surface area contributed by atoms with Crippen molar-refractivity contribution in [2.75, 3.05) is 7.11 Å². The molecule has 1 aromatic carbocycles. The summed E-state index contributed by atoms with van der Waals surface area (Å²) in [6, 6.07) is 11.2. The second-order valence-corrected chi connectivity index (χ2v) is 4.62. The van der Waals surface area contributed by atoms with Gasteiger partial charge >= 0.3 is 5.97 Å². The zero-order valence-electron chi connectivity index (χ0n) is 11.5. The number of rotatable bonds is 5. The van der Waals surface area contributed by atoms with Crippen LogP contribution in [-0.4, -0.2) is 23.2 Å². The summed E-state index contributed by atoms with van der Waals surface area (Å²) in [6.07, 6.45) is 1.99. The average molecular weight is 271 g/mol. The number of aromatic nitrogens is 1. The lowest BCUT2D eigenvalue weighted by atomic mass is 9.89. The van der Waals surface area contributed by atoms with Crippen LogP contribution in [0.1, 0.15) is 22.6 Å². The summed E-state index contributed by atoms with van der Waals surface area (Å²) in [5.74, 6) is -0.966. The third kappa shape index (κ3) is 2.96. The van der Waals surface area contributed by atoms with Crippen molar-refractivity contribution in [1.29, 1.82) is 0 Å². The van der Waals surface area contributed by atoms with Crippen LogP contribution in [-0.2, 0) is 11.2 Å². The first-order chi connectivity index (χ1) is 9.63. The molecule has 0 saturated carbocycles. The predicted molar refractivity (Wildman–Crippen MR) is 76.0 cm³/mol. The van der Waals surface area contributed by atoms with E-state index in [9.17, 15) is 9.90 Å². The summed E-state index contributed by atoms with van der Waals surface area (Å²) in [5, 5.41) is 9.51. The normalized spacial score (nSPS) is 11.9. The van der Waals surface area contributed by atoms with Gasteiger partial charge < -0.3 is 9.84 Å². The highest BCUT2D eigenvalue weighted by Gasteiger charge is 2.23. The molecule has 4 nitrogen and oxygen atoms in total. The molecule has 1 atom stereocenters. The van der Waals surface area contributed by atoms with Crippen LogP contribution < -0.4 is 4.74 Å². The van der Waals surface area contributed by atoms with Gasteiger partial charge in [0.15, 0.2) is 0 Å². The number of aryl methyl sites for hydroxylation is 1. The molecule has 2 rings (SSSR count). The standard InChI is InChI=1S/C16H17NO3/c1-11-6-3-4-8-13(11)14(16(18)19)10-12-7-5-9-17-15(12)20-2/h3-9,14H,10H2,1-2H3,(H,18,19). The fourth-order valence-corrected chi connectivity index (χ4v) is 2.29. The number of hydrogen-bond donors (Lipinski definition) is 1. The molecule has 0 fully saturated rings. The van der Waals surface area contributed by atoms with Crippen molar-refractivity contribution in [1.82, 2.24) is 4.98 Å². The van der Waals surface area contributed by atoms with Gasteiger partial charge in [0, 0.05) is 11.8 Å². The molecule has 1 aromatic heterocycles. The second-order valence-electron chi connectivity index (χ2n) is 4.62. The van der Waals surface area contributed by atoms with Crippen LogP contribution in [0, 0.1) is 6.92 Å². The molecule has 20 heavy (non-hydrogen) atoms. The Balaban J connectivity index is 2.36. The lowest BCUT2D eigenvalue weighted by Gasteiger charge is -2.16. The van der Waals surface area contributed by atoms with E-state index in [0.717, 1.165) is 16.7 Å². The molecule has 0 bridgehead atoms. The van der Waals surface area contributed by atoms with E-state index >= 15 is 0 Å². The molecule has 0 radical (unpaired) electrons. The van der Waals surface area contributed by atoms with E-state index in [-0.39, 0.29) is 0 Å². The van der Waals surface area contributed by atoms with Gasteiger partial charge in [0.2, 0.25) is 5.88 Å². The number of aliphatic carboxylic acids is 1. The van der Waals surface area contributed by atoms with Crippen molar-refractivity contribution < 1.29 is 14.6 Å². The number of carboxylic acids is 1. The molecule has 0 amide bonds. The van der Waals surface area contributed by atoms with Crippen molar-refractivity contribution in [2.45, 2.75) is 19.3 Å². The van der Waals surface area contributed by atoms with Crippen molar-refractivity contribution in [3.8, 4) is 5.88 Å². The Morgan fingerprint density at radius 1 is 1.30 bits per heavy atom. The molecule has 4 heteroatoms. The number of benzene rings is 1. The minimum Gasteiger partial charge on any atom is -0.481 e. The molecular weight excluding hydrogens is 254 g/mol. The third-order valence-corrected chi connectivity index (χ3v) is 3.33. The van der Waals surface area contributed by atoms with Crippen LogP contribution >= 0.6 is 0 Å². The molecule has 0 aliphatic rings. The topological polar surface area (TPSA) is 59.4 Å². The van der Waals surface area contributed by atoms with Gasteiger partial charge in [-0.2, -0.15) is 0 Å². The zero-order valence-corrected chi connectivity index (χ0v) is 11.5. The first kappa shape index (κ1) is 14.1. The van der Waals surface area contributed by atoms with Gasteiger partial charge in [-0.15, -0.1) is 0 Å². The van der Waals surface area contributed by atoms with Gasteiger partial charge in [-0.3, -0.25) is 4.79 Å². The number of hydrogen-bond acceptors (Lipinski definition) is 3. The van der Waals surface area contributed by atoms with Crippen LogP contribution in [0.3, 0.4) is 0 Å². The highest BCUT2D eigenvalue weighted by molar-refractivity contribution is 5.77. The van der Waals surface area contributed by atoms with Gasteiger partial charge in [-0.25, -0.2) is 4.98 Å². The Hall–Kier alpha value is -2.36. The Morgan fingerprint density at radius 2 is 2.05 bits per heavy atom. The van der Waals surface area contributed by atoms with Gasteiger partial charge in [-0.05, 0) is 30.5 Å². The molecule has 1 unspecified atom stereocenters. The fourth-order valence-electron chi connectivity index (χ4n) is 2.29. The summed E-state index contributed by atoms with van der Waals surface area (Å²) < 4.78 is 5.19. The van der Waals surface area contributed by atoms with E-state index in [1.54, 1.807) is 12.3 Å². The van der Waals surface area contributed by atoms with E-state index in [1.807, 2.05) is 37.3 Å². The Kier molecular flexibility index (Phi) is 4.35. The Morgan fingerprint density at radius 3 is 2.70 bits per heavy atom. The van der Waals surface area contributed by atoms with Crippen LogP contribution in [0.25, 0.3) is 0 Å². The van der Waals surface area contributed by atoms with Crippen molar-refractivity contribution >= 4 is 5.97 Å². The number of ether oxygens (including phenoxy) is 1. The van der Waals surface area contributed by atoms with Gasteiger partial charge in [-0.1, -0.05) is 30.3 Å². The van der Waals surface area contributed by atoms with E-state index in [1.165, 1.54) is 7.11 Å². The van der Waals surface area contributed by atoms with E-state index in [0.29, 0.717) is 12.3 Å². The molecule has 1 heterocycles. The van der Waals surface area contributed by atoms with Gasteiger partial charge in [0.05, 0.1) is 13.0 Å². The predicted octanol–water partition coefficient (Wildman–Crippen LogP) is 2.81. The number of pyridine rings is 1. The zero-order chi connectivity index (χ0) is 14.5. The monoisotopic (exact) mass is 271 g/mol. The average Bonchev–Trinajstić information content (AvgIpc) is 2.46. The molecule has 0 aliphatic carbocycles. The lowest BCUT2D eigenvalue weighted by Crippen LogP contribution is -2.16. The van der Waals surface area contributed by atoms with Gasteiger partial charge in [0.25, 0.3) is 0 Å². The summed E-state index contributed by atoms with van der Waals surface area (Å²) in [6.45, 7) is 1.92. The maximum absolute atomic E-state index is 11.6. The van der Waals surface area contributed by atoms with Crippen LogP contribution in [0.5, 0.6) is 5.88 Å². The highest BCUT2D eigenvalue weighted by Crippen LogP contribution is 2.27. The van der Waals surface area contributed by atoms with Crippen LogP contribution in [0.2, 0.25) is 0 Å². The highest BCUT2D eigenvalue weighted by atomic mass is 16.5. The van der Waals surface area contributed by atoms with Crippen molar-refractivity contribution in [3.05, 3.63) is 59.3 Å². The first-order valence-corrected chi connectivity index (χ1v) is 6.39. The molecular formula is C16H17NO3. The fraction of sp³-hybridized carbons (Fsp3) is 0.250. The summed E-state index contributed by atoms with van der Waals surface area (Å²) >= 11 is 0. The Bertz CT molecular complexity index is 610. The summed E-state index contributed by atoms with van der Waals surface area (Å²) in [4.78, 5) is 15.7. The van der Waals surface area contributed by atoms with Crippen LogP contribution in [0.15, 0.2) is 42.6 Å². The first-order valence-electron chi connectivity index (χ1n) is 6.39. The molecule has 1 N–H and O–H groups in total. The van der Waals surface area contributed by atoms with E-state index in [4.69, 9.17) is 4.74 Å². The van der Waals surface area contributed by atoms with E-state index in [2.05, 4.69) is 4.98 Å². The minimum absolute atomic E-state index is 0.358. The molecule has 0 aliphatic heterocycles. The quantitative estimate of drug-likeness (QED) is 0.908. The minimum atomic E-state index is -0.842. The number of carbonyl (C=O) groups is 1. The number of nitrogens with zero attached hydrogens (tertiary/aromatic N) is 1. The SMILES string of the molecule is COc1ncccc1CC(C(=O)O)c1ccccc1C. The maximum atomic E-state index is 11.6. The van der Waals surface area contributed by atoms with Crippen LogP contribution in [0.4, 0.5) is 0 Å². The van der Waals surface area contributed by atoms with E-state index < -0.39 is 11.9 Å². The van der Waals surface area contributed by atoms with Gasteiger partial charge in [0.1, 0.15) is 0 Å². The Labute approximate surface area is 118 Å². The molecule has 104 valence electrons. The summed E-state index contributed by atoms with van der Waals surface area (Å²) in [7, 11) is 1.54. The summed E-state index contributed by atoms with van der Waals surface area (Å²) in [5.41, 5.74) is 2.60. The largest absolute Gasteiger partial charge is 0.481 e.